The number of alkyl halides is 6. The van der Waals surface area contributed by atoms with Gasteiger partial charge in [0.25, 0.3) is 0 Å². The third kappa shape index (κ3) is 102. The van der Waals surface area contributed by atoms with Crippen molar-refractivity contribution in [2.24, 2.45) is 0 Å². The maximum absolute atomic E-state index is 4.96. The van der Waals surface area contributed by atoms with Crippen LogP contribution in [-0.2, 0) is 0 Å². The van der Waals surface area contributed by atoms with Gasteiger partial charge in [-0.25, -0.2) is 0 Å². The Morgan fingerprint density at radius 3 is 0.875 bits per heavy atom. The first-order chi connectivity index (χ1) is 3.46. The van der Waals surface area contributed by atoms with Crippen molar-refractivity contribution in [3.8, 4) is 0 Å². The molecule has 0 atom stereocenters. The van der Waals surface area contributed by atoms with Gasteiger partial charge < -0.3 is 0 Å². The Labute approximate surface area is 81.5 Å². The Morgan fingerprint density at radius 2 is 0.875 bits per heavy atom. The molecule has 0 aliphatic carbocycles. The number of halogens is 6. The van der Waals surface area contributed by atoms with Crippen LogP contribution in [0.5, 0.6) is 0 Å². The average Bonchev–Trinajstić information content (AvgIpc) is 1.25. The summed E-state index contributed by atoms with van der Waals surface area (Å²) in [5, 5.41) is 0. The molecule has 0 radical (unpaired) electrons. The topological polar surface area (TPSA) is 0 Å². The van der Waals surface area contributed by atoms with Crippen LogP contribution in [0.3, 0.4) is 0 Å². The van der Waals surface area contributed by atoms with Crippen LogP contribution in [0.4, 0.5) is 0 Å². The van der Waals surface area contributed by atoms with Crippen molar-refractivity contribution in [1.29, 1.82) is 0 Å². The monoisotopic (exact) mass is 280 g/mol. The first-order valence-corrected chi connectivity index (χ1v) is 4.41. The molecular formula is C2H2BrCl5. The first-order valence-electron chi connectivity index (χ1n) is 1.31. The molecule has 8 heavy (non-hydrogen) atoms. The molecule has 6 heteroatoms. The number of hydrogen-bond acceptors (Lipinski definition) is 0. The molecule has 0 aromatic heterocycles. The molecule has 0 heterocycles. The standard InChI is InChI=1S/CHBrCl2.CHCl3/c2*2-1(3)4/h2*1H. The third-order valence-electron chi connectivity index (χ3n) is 0. The van der Waals surface area contributed by atoms with Gasteiger partial charge in [0.05, 0.1) is 0 Å². The summed E-state index contributed by atoms with van der Waals surface area (Å²) in [6.45, 7) is 0. The third-order valence-corrected chi connectivity index (χ3v) is 0. The van der Waals surface area contributed by atoms with Crippen LogP contribution in [0.25, 0.3) is 0 Å². The fourth-order valence-electron chi connectivity index (χ4n) is 0. The van der Waals surface area contributed by atoms with E-state index < -0.39 is 8.04 Å². The largest absolute Gasteiger partial charge is 0.180 e. The summed E-state index contributed by atoms with van der Waals surface area (Å²) in [4.78, 5) is 0. The van der Waals surface area contributed by atoms with Gasteiger partial charge in [-0.3, -0.25) is 0 Å². The molecule has 0 aliphatic rings. The zero-order chi connectivity index (χ0) is 7.15. The minimum atomic E-state index is -0.750. The first kappa shape index (κ1) is 12.6. The van der Waals surface area contributed by atoms with Crippen molar-refractivity contribution >= 4 is 73.9 Å². The van der Waals surface area contributed by atoms with Gasteiger partial charge in [0, 0.05) is 0 Å². The second-order valence-corrected chi connectivity index (χ2v) is 5.54. The maximum Gasteiger partial charge on any atom is 0.180 e. The molecule has 0 unspecified atom stereocenters. The molecule has 0 aliphatic heterocycles. The maximum atomic E-state index is 4.96. The van der Waals surface area contributed by atoms with E-state index in [0.29, 0.717) is 0 Å². The lowest BCUT2D eigenvalue weighted by molar-refractivity contribution is 1.96. The van der Waals surface area contributed by atoms with E-state index in [4.69, 9.17) is 58.0 Å². The molecule has 0 amide bonds. The molecule has 0 bridgehead atoms. The summed E-state index contributed by atoms with van der Waals surface area (Å²) in [6, 6.07) is 0. The summed E-state index contributed by atoms with van der Waals surface area (Å²) < 4.78 is -1.16. The summed E-state index contributed by atoms with van der Waals surface area (Å²) in [5.74, 6) is 0. The van der Waals surface area contributed by atoms with Crippen LogP contribution in [0.15, 0.2) is 0 Å². The predicted molar refractivity (Wildman–Crippen MR) is 45.8 cm³/mol. The van der Waals surface area contributed by atoms with Gasteiger partial charge in [-0.2, -0.15) is 0 Å². The summed E-state index contributed by atoms with van der Waals surface area (Å²) >= 11 is 27.1. The Bertz CT molecular complexity index is 25.9. The van der Waals surface area contributed by atoms with Gasteiger partial charge in [0.2, 0.25) is 0 Å². The smallest absolute Gasteiger partial charge is 0.0926 e. The van der Waals surface area contributed by atoms with Crippen molar-refractivity contribution in [1.82, 2.24) is 0 Å². The Hall–Kier alpha value is 1.93. The van der Waals surface area contributed by atoms with E-state index in [1.54, 1.807) is 0 Å². The highest BCUT2D eigenvalue weighted by Gasteiger charge is 1.79. The number of rotatable bonds is 0. The highest BCUT2D eigenvalue weighted by Crippen LogP contribution is 2.07. The SMILES string of the molecule is ClC(Cl)Br.ClC(Cl)Cl. The van der Waals surface area contributed by atoms with Gasteiger partial charge in [0.15, 0.2) is 8.04 Å². The highest BCUT2D eigenvalue weighted by atomic mass is 79.9. The lowest BCUT2D eigenvalue weighted by atomic mass is 11.9. The fourth-order valence-corrected chi connectivity index (χ4v) is 0. The molecule has 0 aromatic rings. The Morgan fingerprint density at radius 1 is 0.875 bits per heavy atom. The van der Waals surface area contributed by atoms with Crippen molar-refractivity contribution < 1.29 is 0 Å². The molecule has 0 rings (SSSR count). The fraction of sp³-hybridized carbons (Fsp3) is 1.00. The minimum absolute atomic E-state index is 0.410. The van der Waals surface area contributed by atoms with E-state index in [9.17, 15) is 0 Å². The second-order valence-electron chi connectivity index (χ2n) is 0.495. The van der Waals surface area contributed by atoms with Crippen LogP contribution in [0.1, 0.15) is 0 Å². The van der Waals surface area contributed by atoms with Crippen LogP contribution < -0.4 is 0 Å². The van der Waals surface area contributed by atoms with Gasteiger partial charge >= 0.3 is 0 Å². The molecule has 0 aromatic carbocycles. The van der Waals surface area contributed by atoms with Crippen molar-refractivity contribution in [3.05, 3.63) is 0 Å². The van der Waals surface area contributed by atoms with E-state index in [-0.39, 0.29) is 0 Å². The quantitative estimate of drug-likeness (QED) is 0.586. The molecule has 0 saturated carbocycles. The van der Waals surface area contributed by atoms with E-state index >= 15 is 0 Å². The molecule has 0 nitrogen and oxygen atoms in total. The van der Waals surface area contributed by atoms with E-state index in [1.807, 2.05) is 0 Å². The molecule has 0 N–H and O–H groups in total. The normalized spacial score (nSPS) is 9.00. The van der Waals surface area contributed by atoms with Crippen LogP contribution in [0, 0.1) is 0 Å². The van der Waals surface area contributed by atoms with Crippen molar-refractivity contribution in [3.63, 3.8) is 0 Å². The number of hydrogen-bond donors (Lipinski definition) is 0. The van der Waals surface area contributed by atoms with Crippen LogP contribution in [-0.4, -0.2) is 8.04 Å². The molecule has 0 fully saturated rings. The van der Waals surface area contributed by atoms with Gasteiger partial charge in [-0.1, -0.05) is 73.9 Å². The molecule has 0 saturated heterocycles. The highest BCUT2D eigenvalue weighted by molar-refractivity contribution is 9.10. The predicted octanol–water partition coefficient (Wildman–Crippen LogP) is 4.13. The summed E-state index contributed by atoms with van der Waals surface area (Å²) in [5.41, 5.74) is 0. The molecule has 0 spiro atoms. The van der Waals surface area contributed by atoms with E-state index in [0.717, 1.165) is 0 Å². The van der Waals surface area contributed by atoms with Gasteiger partial charge in [-0.15, -0.1) is 0 Å². The summed E-state index contributed by atoms with van der Waals surface area (Å²) in [7, 11) is 0. The van der Waals surface area contributed by atoms with Crippen LogP contribution >= 0.6 is 73.9 Å². The van der Waals surface area contributed by atoms with Crippen molar-refractivity contribution in [2.45, 2.75) is 8.04 Å². The minimum Gasteiger partial charge on any atom is -0.0926 e. The van der Waals surface area contributed by atoms with E-state index in [2.05, 4.69) is 15.9 Å². The molecule has 52 valence electrons. The van der Waals surface area contributed by atoms with Crippen molar-refractivity contribution in [2.75, 3.05) is 0 Å². The Balaban J connectivity index is 0. The van der Waals surface area contributed by atoms with E-state index in [1.165, 1.54) is 0 Å². The lowest BCUT2D eigenvalue weighted by Crippen LogP contribution is -1.55. The van der Waals surface area contributed by atoms with Gasteiger partial charge in [0.1, 0.15) is 0 Å². The summed E-state index contributed by atoms with van der Waals surface area (Å²) in [6.07, 6.45) is 0. The zero-order valence-corrected chi connectivity index (χ0v) is 8.79. The second kappa shape index (κ2) is 8.93. The average molecular weight is 283 g/mol. The molecular weight excluding hydrogens is 281 g/mol. The van der Waals surface area contributed by atoms with Crippen LogP contribution in [0.2, 0.25) is 0 Å². The lowest BCUT2D eigenvalue weighted by Gasteiger charge is -1.69. The Kier molecular flexibility index (Phi) is 14.1. The zero-order valence-electron chi connectivity index (χ0n) is 3.42. The van der Waals surface area contributed by atoms with Gasteiger partial charge in [-0.05, 0) is 0 Å².